The molecule has 0 aliphatic carbocycles. The van der Waals surface area contributed by atoms with E-state index in [0.717, 1.165) is 6.42 Å². The minimum atomic E-state index is -0.330. The molecule has 0 bridgehead atoms. The Balaban J connectivity index is 2.15. The average molecular weight is 271 g/mol. The van der Waals surface area contributed by atoms with Crippen LogP contribution in [0.3, 0.4) is 0 Å². The molecule has 2 rings (SSSR count). The number of pyridine rings is 1. The molecule has 1 aromatic heterocycles. The SMILES string of the molecule is CC1(NC(=O)c2cc(Cl)nc(NN)c2)CCOC1. The largest absolute Gasteiger partial charge is 0.379 e. The highest BCUT2D eigenvalue weighted by molar-refractivity contribution is 6.29. The van der Waals surface area contributed by atoms with Crippen LogP contribution in [0.25, 0.3) is 0 Å². The first-order valence-electron chi connectivity index (χ1n) is 5.57. The van der Waals surface area contributed by atoms with Crippen LogP contribution in [0.1, 0.15) is 23.7 Å². The molecule has 0 saturated carbocycles. The highest BCUT2D eigenvalue weighted by Gasteiger charge is 2.31. The highest BCUT2D eigenvalue weighted by Crippen LogP contribution is 2.19. The van der Waals surface area contributed by atoms with Crippen molar-refractivity contribution in [3.05, 3.63) is 22.8 Å². The summed E-state index contributed by atoms with van der Waals surface area (Å²) >= 11 is 5.81. The van der Waals surface area contributed by atoms with Crippen LogP contribution in [0.5, 0.6) is 0 Å². The second-order valence-corrected chi connectivity index (χ2v) is 4.91. The lowest BCUT2D eigenvalue weighted by Crippen LogP contribution is -2.46. The average Bonchev–Trinajstić information content (AvgIpc) is 2.74. The Morgan fingerprint density at radius 2 is 2.39 bits per heavy atom. The van der Waals surface area contributed by atoms with Gasteiger partial charge in [-0.3, -0.25) is 4.79 Å². The fourth-order valence-electron chi connectivity index (χ4n) is 1.81. The summed E-state index contributed by atoms with van der Waals surface area (Å²) in [5.74, 6) is 5.38. The fourth-order valence-corrected chi connectivity index (χ4v) is 2.02. The molecule has 98 valence electrons. The van der Waals surface area contributed by atoms with E-state index in [2.05, 4.69) is 15.7 Å². The predicted octanol–water partition coefficient (Wildman–Crippen LogP) is 0.929. The molecular formula is C11H15ClN4O2. The molecular weight excluding hydrogens is 256 g/mol. The Labute approximate surface area is 110 Å². The molecule has 0 spiro atoms. The standard InChI is InChI=1S/C11H15ClN4O2/c1-11(2-3-18-6-11)15-10(17)7-4-8(12)14-9(5-7)16-13/h4-5H,2-3,6,13H2,1H3,(H,14,16)(H,15,17). The van der Waals surface area contributed by atoms with Crippen LogP contribution in [0.2, 0.25) is 5.15 Å². The molecule has 1 amide bonds. The summed E-state index contributed by atoms with van der Waals surface area (Å²) in [6.07, 6.45) is 0.791. The number of aromatic nitrogens is 1. The molecule has 1 unspecified atom stereocenters. The van der Waals surface area contributed by atoms with Gasteiger partial charge >= 0.3 is 0 Å². The zero-order chi connectivity index (χ0) is 13.2. The van der Waals surface area contributed by atoms with E-state index in [9.17, 15) is 4.79 Å². The number of anilines is 1. The molecule has 1 aromatic rings. The Morgan fingerprint density at radius 1 is 1.61 bits per heavy atom. The van der Waals surface area contributed by atoms with Gasteiger partial charge in [-0.25, -0.2) is 10.8 Å². The van der Waals surface area contributed by atoms with Gasteiger partial charge in [-0.1, -0.05) is 11.6 Å². The van der Waals surface area contributed by atoms with Gasteiger partial charge in [-0.15, -0.1) is 0 Å². The second-order valence-electron chi connectivity index (χ2n) is 4.53. The number of nitrogen functional groups attached to an aromatic ring is 1. The summed E-state index contributed by atoms with van der Waals surface area (Å²) in [5.41, 5.74) is 2.45. The highest BCUT2D eigenvalue weighted by atomic mass is 35.5. The Morgan fingerprint density at radius 3 is 3.00 bits per heavy atom. The van der Waals surface area contributed by atoms with E-state index < -0.39 is 0 Å². The molecule has 2 heterocycles. The van der Waals surface area contributed by atoms with Crippen molar-refractivity contribution >= 4 is 23.3 Å². The lowest BCUT2D eigenvalue weighted by atomic mass is 10.0. The summed E-state index contributed by atoms with van der Waals surface area (Å²) in [5, 5.41) is 3.14. The summed E-state index contributed by atoms with van der Waals surface area (Å²) in [6, 6.07) is 3.04. The number of ether oxygens (including phenoxy) is 1. The lowest BCUT2D eigenvalue weighted by Gasteiger charge is -2.23. The monoisotopic (exact) mass is 270 g/mol. The first-order chi connectivity index (χ1) is 8.52. The minimum Gasteiger partial charge on any atom is -0.379 e. The number of hydrogen-bond acceptors (Lipinski definition) is 5. The van der Waals surface area contributed by atoms with Gasteiger partial charge in [0.15, 0.2) is 0 Å². The smallest absolute Gasteiger partial charge is 0.252 e. The summed E-state index contributed by atoms with van der Waals surface area (Å²) < 4.78 is 5.28. The van der Waals surface area contributed by atoms with Crippen molar-refractivity contribution in [1.29, 1.82) is 0 Å². The first-order valence-corrected chi connectivity index (χ1v) is 5.95. The number of rotatable bonds is 3. The van der Waals surface area contributed by atoms with Gasteiger partial charge in [-0.05, 0) is 25.5 Å². The number of hydrogen-bond donors (Lipinski definition) is 3. The van der Waals surface area contributed by atoms with E-state index in [1.807, 2.05) is 6.92 Å². The second kappa shape index (κ2) is 5.09. The van der Waals surface area contributed by atoms with E-state index >= 15 is 0 Å². The third-order valence-corrected chi connectivity index (χ3v) is 3.03. The molecule has 0 radical (unpaired) electrons. The summed E-state index contributed by atoms with van der Waals surface area (Å²) in [7, 11) is 0. The molecule has 6 nitrogen and oxygen atoms in total. The van der Waals surface area contributed by atoms with Crippen LogP contribution in [0, 0.1) is 0 Å². The van der Waals surface area contributed by atoms with Gasteiger partial charge in [0.25, 0.3) is 5.91 Å². The number of hydrazine groups is 1. The molecule has 1 fully saturated rings. The van der Waals surface area contributed by atoms with Crippen molar-refractivity contribution in [3.63, 3.8) is 0 Å². The van der Waals surface area contributed by atoms with Crippen molar-refractivity contribution in [2.75, 3.05) is 18.6 Å². The Hall–Kier alpha value is -1.37. The summed E-state index contributed by atoms with van der Waals surface area (Å²) in [6.45, 7) is 3.12. The van der Waals surface area contributed by atoms with Gasteiger partial charge in [0.2, 0.25) is 0 Å². The zero-order valence-corrected chi connectivity index (χ0v) is 10.8. The van der Waals surface area contributed by atoms with E-state index in [1.165, 1.54) is 6.07 Å². The number of nitrogens with one attached hydrogen (secondary N) is 2. The topological polar surface area (TPSA) is 89.3 Å². The zero-order valence-electron chi connectivity index (χ0n) is 10.00. The molecule has 0 aromatic carbocycles. The molecule has 7 heteroatoms. The van der Waals surface area contributed by atoms with E-state index in [4.69, 9.17) is 22.2 Å². The fraction of sp³-hybridized carbons (Fsp3) is 0.455. The van der Waals surface area contributed by atoms with E-state index in [0.29, 0.717) is 24.6 Å². The van der Waals surface area contributed by atoms with Crippen molar-refractivity contribution < 1.29 is 9.53 Å². The quantitative estimate of drug-likeness (QED) is 0.432. The first kappa shape index (κ1) is 13.1. The minimum absolute atomic E-state index is 0.212. The number of carbonyl (C=O) groups is 1. The predicted molar refractivity (Wildman–Crippen MR) is 68.4 cm³/mol. The normalized spacial score (nSPS) is 22.8. The van der Waals surface area contributed by atoms with Gasteiger partial charge in [0.1, 0.15) is 11.0 Å². The van der Waals surface area contributed by atoms with Crippen LogP contribution in [-0.4, -0.2) is 29.6 Å². The lowest BCUT2D eigenvalue weighted by molar-refractivity contribution is 0.0890. The summed E-state index contributed by atoms with van der Waals surface area (Å²) in [4.78, 5) is 16.0. The van der Waals surface area contributed by atoms with Crippen LogP contribution < -0.4 is 16.6 Å². The van der Waals surface area contributed by atoms with Crippen LogP contribution in [0.4, 0.5) is 5.82 Å². The van der Waals surface area contributed by atoms with Crippen molar-refractivity contribution in [1.82, 2.24) is 10.3 Å². The number of nitrogens with two attached hydrogens (primary N) is 1. The van der Waals surface area contributed by atoms with Crippen LogP contribution >= 0.6 is 11.6 Å². The van der Waals surface area contributed by atoms with Gasteiger partial charge in [-0.2, -0.15) is 0 Å². The maximum Gasteiger partial charge on any atom is 0.252 e. The maximum absolute atomic E-state index is 12.1. The van der Waals surface area contributed by atoms with Crippen molar-refractivity contribution in [2.24, 2.45) is 5.84 Å². The van der Waals surface area contributed by atoms with Crippen molar-refractivity contribution in [2.45, 2.75) is 18.9 Å². The number of carbonyl (C=O) groups excluding carboxylic acids is 1. The van der Waals surface area contributed by atoms with Gasteiger partial charge in [0, 0.05) is 12.2 Å². The van der Waals surface area contributed by atoms with Gasteiger partial charge in [0.05, 0.1) is 12.1 Å². The molecule has 1 aliphatic heterocycles. The van der Waals surface area contributed by atoms with Crippen LogP contribution in [0.15, 0.2) is 12.1 Å². The number of amides is 1. The van der Waals surface area contributed by atoms with Gasteiger partial charge < -0.3 is 15.5 Å². The Bertz CT molecular complexity index is 460. The molecule has 1 atom stereocenters. The van der Waals surface area contributed by atoms with E-state index in [1.54, 1.807) is 6.07 Å². The number of halogens is 1. The third-order valence-electron chi connectivity index (χ3n) is 2.84. The molecule has 4 N–H and O–H groups in total. The van der Waals surface area contributed by atoms with Crippen LogP contribution in [-0.2, 0) is 4.74 Å². The molecule has 1 aliphatic rings. The van der Waals surface area contributed by atoms with Crippen molar-refractivity contribution in [3.8, 4) is 0 Å². The maximum atomic E-state index is 12.1. The van der Waals surface area contributed by atoms with E-state index in [-0.39, 0.29) is 16.6 Å². The molecule has 1 saturated heterocycles. The third kappa shape index (κ3) is 2.90. The molecule has 18 heavy (non-hydrogen) atoms. The Kier molecular flexibility index (Phi) is 3.70. The number of nitrogens with zero attached hydrogens (tertiary/aromatic N) is 1.